The van der Waals surface area contributed by atoms with E-state index in [0.717, 1.165) is 24.1 Å². The average molecular weight is 334 g/mol. The molecule has 6 heteroatoms. The minimum atomic E-state index is -3.44. The van der Waals surface area contributed by atoms with E-state index in [4.69, 9.17) is 0 Å². The van der Waals surface area contributed by atoms with Gasteiger partial charge in [-0.05, 0) is 41.8 Å². The number of benzene rings is 2. The summed E-state index contributed by atoms with van der Waals surface area (Å²) in [5, 5.41) is 3.27. The molecule has 1 heterocycles. The Kier molecular flexibility index (Phi) is 4.75. The van der Waals surface area contributed by atoms with Crippen molar-refractivity contribution in [1.82, 2.24) is 10.0 Å². The third-order valence-electron chi connectivity index (χ3n) is 4.01. The summed E-state index contributed by atoms with van der Waals surface area (Å²) in [4.78, 5) is 0. The quantitative estimate of drug-likeness (QED) is 0.881. The topological polar surface area (TPSA) is 58.2 Å². The van der Waals surface area contributed by atoms with Crippen LogP contribution in [0.1, 0.15) is 22.7 Å². The summed E-state index contributed by atoms with van der Waals surface area (Å²) in [6, 6.07) is 13.5. The van der Waals surface area contributed by atoms with Gasteiger partial charge >= 0.3 is 0 Å². The van der Waals surface area contributed by atoms with Crippen LogP contribution < -0.4 is 10.0 Å². The molecule has 0 amide bonds. The van der Waals surface area contributed by atoms with Crippen molar-refractivity contribution in [2.24, 2.45) is 0 Å². The maximum absolute atomic E-state index is 12.9. The third-order valence-corrected chi connectivity index (χ3v) is 5.37. The lowest BCUT2D eigenvalue weighted by Crippen LogP contribution is -2.38. The second-order valence-electron chi connectivity index (χ2n) is 5.68. The number of halogens is 1. The highest BCUT2D eigenvalue weighted by atomic mass is 32.2. The van der Waals surface area contributed by atoms with Crippen LogP contribution in [-0.4, -0.2) is 20.7 Å². The van der Waals surface area contributed by atoms with Crippen LogP contribution in [0.2, 0.25) is 0 Å². The van der Waals surface area contributed by atoms with Crippen molar-refractivity contribution < 1.29 is 12.8 Å². The van der Waals surface area contributed by atoms with E-state index in [9.17, 15) is 12.8 Å². The Morgan fingerprint density at radius 2 is 1.87 bits per heavy atom. The maximum atomic E-state index is 12.9. The monoisotopic (exact) mass is 334 g/mol. The highest BCUT2D eigenvalue weighted by Crippen LogP contribution is 2.23. The van der Waals surface area contributed by atoms with Crippen LogP contribution in [0.4, 0.5) is 4.39 Å². The van der Waals surface area contributed by atoms with Crippen molar-refractivity contribution in [2.45, 2.75) is 19.0 Å². The van der Waals surface area contributed by atoms with Crippen LogP contribution in [-0.2, 0) is 23.0 Å². The largest absolute Gasteiger partial charge is 0.309 e. The van der Waals surface area contributed by atoms with Crippen LogP contribution in [0, 0.1) is 5.82 Å². The molecule has 1 aliphatic rings. The summed E-state index contributed by atoms with van der Waals surface area (Å²) in [6.45, 7) is 0.937. The van der Waals surface area contributed by atoms with Crippen LogP contribution in [0.3, 0.4) is 0 Å². The molecule has 3 rings (SSSR count). The van der Waals surface area contributed by atoms with E-state index in [2.05, 4.69) is 10.0 Å². The van der Waals surface area contributed by atoms with E-state index in [1.54, 1.807) is 12.1 Å². The molecule has 4 nitrogen and oxygen atoms in total. The van der Waals surface area contributed by atoms with Gasteiger partial charge in [0.2, 0.25) is 10.0 Å². The van der Waals surface area contributed by atoms with Crippen LogP contribution in [0.5, 0.6) is 0 Å². The van der Waals surface area contributed by atoms with Crippen molar-refractivity contribution in [3.8, 4) is 0 Å². The first kappa shape index (κ1) is 16.1. The predicted molar refractivity (Wildman–Crippen MR) is 87.9 cm³/mol. The molecule has 0 fully saturated rings. The molecular weight excluding hydrogens is 315 g/mol. The SMILES string of the molecule is O=S(=O)(CC1NCCc2ccccc21)NCc1ccc(F)cc1. The predicted octanol–water partition coefficient (Wildman–Crippen LogP) is 2.13. The lowest BCUT2D eigenvalue weighted by atomic mass is 9.95. The van der Waals surface area contributed by atoms with Gasteiger partial charge < -0.3 is 5.32 Å². The maximum Gasteiger partial charge on any atom is 0.213 e. The molecule has 2 aromatic carbocycles. The molecule has 0 saturated carbocycles. The lowest BCUT2D eigenvalue weighted by molar-refractivity contribution is 0.520. The Morgan fingerprint density at radius 3 is 2.65 bits per heavy atom. The zero-order valence-electron chi connectivity index (χ0n) is 12.6. The number of hydrogen-bond donors (Lipinski definition) is 2. The van der Waals surface area contributed by atoms with Crippen LogP contribution in [0.15, 0.2) is 48.5 Å². The van der Waals surface area contributed by atoms with Crippen molar-refractivity contribution in [3.05, 3.63) is 71.0 Å². The summed E-state index contributed by atoms with van der Waals surface area (Å²) in [7, 11) is -3.44. The highest BCUT2D eigenvalue weighted by Gasteiger charge is 2.24. The van der Waals surface area contributed by atoms with Gasteiger partial charge in [0, 0.05) is 12.6 Å². The second-order valence-corrected chi connectivity index (χ2v) is 7.54. The molecule has 2 N–H and O–H groups in total. The molecule has 23 heavy (non-hydrogen) atoms. The van der Waals surface area contributed by atoms with Gasteiger partial charge in [0.05, 0.1) is 5.75 Å². The Balaban J connectivity index is 1.66. The summed E-state index contributed by atoms with van der Waals surface area (Å²) in [6.07, 6.45) is 0.912. The molecule has 122 valence electrons. The fraction of sp³-hybridized carbons (Fsp3) is 0.294. The number of sulfonamides is 1. The number of hydrogen-bond acceptors (Lipinski definition) is 3. The minimum Gasteiger partial charge on any atom is -0.309 e. The molecule has 0 spiro atoms. The normalized spacial score (nSPS) is 17.7. The van der Waals surface area contributed by atoms with E-state index in [1.165, 1.54) is 17.7 Å². The highest BCUT2D eigenvalue weighted by molar-refractivity contribution is 7.89. The Labute approximate surface area is 135 Å². The summed E-state index contributed by atoms with van der Waals surface area (Å²) in [5.74, 6) is -0.342. The molecule has 2 aromatic rings. The summed E-state index contributed by atoms with van der Waals surface area (Å²) in [5.41, 5.74) is 2.97. The van der Waals surface area contributed by atoms with Crippen LogP contribution >= 0.6 is 0 Å². The van der Waals surface area contributed by atoms with Gasteiger partial charge in [-0.25, -0.2) is 17.5 Å². The van der Waals surface area contributed by atoms with Gasteiger partial charge in [-0.1, -0.05) is 36.4 Å². The van der Waals surface area contributed by atoms with Gasteiger partial charge in [-0.3, -0.25) is 0 Å². The molecule has 0 saturated heterocycles. The van der Waals surface area contributed by atoms with Crippen LogP contribution in [0.25, 0.3) is 0 Å². The van der Waals surface area contributed by atoms with Gasteiger partial charge in [0.1, 0.15) is 5.82 Å². The van der Waals surface area contributed by atoms with Gasteiger partial charge in [0.15, 0.2) is 0 Å². The Bertz CT molecular complexity index is 775. The first-order valence-corrected chi connectivity index (χ1v) is 9.22. The fourth-order valence-electron chi connectivity index (χ4n) is 2.82. The molecular formula is C17H19FN2O2S. The zero-order chi connectivity index (χ0) is 16.3. The first-order chi connectivity index (χ1) is 11.0. The average Bonchev–Trinajstić information content (AvgIpc) is 2.54. The number of nitrogens with one attached hydrogen (secondary N) is 2. The van der Waals surface area contributed by atoms with E-state index in [-0.39, 0.29) is 24.2 Å². The molecule has 0 bridgehead atoms. The van der Waals surface area contributed by atoms with Crippen molar-refractivity contribution in [1.29, 1.82) is 0 Å². The first-order valence-electron chi connectivity index (χ1n) is 7.56. The second kappa shape index (κ2) is 6.78. The number of rotatable bonds is 5. The van der Waals surface area contributed by atoms with Gasteiger partial charge in [-0.2, -0.15) is 0 Å². The summed E-state index contributed by atoms with van der Waals surface area (Å²) >= 11 is 0. The third kappa shape index (κ3) is 4.16. The van der Waals surface area contributed by atoms with Crippen molar-refractivity contribution in [3.63, 3.8) is 0 Å². The molecule has 0 aromatic heterocycles. The standard InChI is InChI=1S/C17H19FN2O2S/c18-15-7-5-13(6-8-15)11-20-23(21,22)12-17-16-4-2-1-3-14(16)9-10-19-17/h1-8,17,19-20H,9-12H2. The molecule has 0 radical (unpaired) electrons. The number of fused-ring (bicyclic) bond motifs is 1. The van der Waals surface area contributed by atoms with E-state index in [1.807, 2.05) is 24.3 Å². The summed E-state index contributed by atoms with van der Waals surface area (Å²) < 4.78 is 40.1. The minimum absolute atomic E-state index is 0.00872. The van der Waals surface area contributed by atoms with E-state index < -0.39 is 10.0 Å². The van der Waals surface area contributed by atoms with Gasteiger partial charge in [0.25, 0.3) is 0 Å². The Morgan fingerprint density at radius 1 is 1.13 bits per heavy atom. The fourth-order valence-corrected chi connectivity index (χ4v) is 4.06. The van der Waals surface area contributed by atoms with Crippen molar-refractivity contribution in [2.75, 3.05) is 12.3 Å². The van der Waals surface area contributed by atoms with E-state index >= 15 is 0 Å². The molecule has 1 atom stereocenters. The smallest absolute Gasteiger partial charge is 0.213 e. The van der Waals surface area contributed by atoms with Crippen molar-refractivity contribution >= 4 is 10.0 Å². The molecule has 1 aliphatic heterocycles. The Hall–Kier alpha value is -1.76. The molecule has 1 unspecified atom stereocenters. The van der Waals surface area contributed by atoms with E-state index in [0.29, 0.717) is 0 Å². The lowest BCUT2D eigenvalue weighted by Gasteiger charge is -2.26. The van der Waals surface area contributed by atoms with Gasteiger partial charge in [-0.15, -0.1) is 0 Å². The molecule has 0 aliphatic carbocycles. The zero-order valence-corrected chi connectivity index (χ0v) is 13.4.